The number of hydrogen-bond acceptors (Lipinski definition) is 3. The van der Waals surface area contributed by atoms with Crippen molar-refractivity contribution in [2.24, 2.45) is 5.10 Å². The summed E-state index contributed by atoms with van der Waals surface area (Å²) in [7, 11) is 0. The molecule has 1 aliphatic rings. The summed E-state index contributed by atoms with van der Waals surface area (Å²) >= 11 is 5.93. The van der Waals surface area contributed by atoms with Crippen LogP contribution in [-0.2, 0) is 0 Å². The molecule has 0 saturated heterocycles. The minimum Gasteiger partial charge on any atom is -0.364 e. The van der Waals surface area contributed by atoms with Crippen molar-refractivity contribution in [1.29, 1.82) is 0 Å². The number of anilines is 1. The summed E-state index contributed by atoms with van der Waals surface area (Å²) in [6.07, 6.45) is 2.79. The van der Waals surface area contributed by atoms with E-state index in [1.807, 2.05) is 0 Å². The third-order valence-corrected chi connectivity index (χ3v) is 5.52. The summed E-state index contributed by atoms with van der Waals surface area (Å²) in [6, 6.07) is 13.6. The van der Waals surface area contributed by atoms with Crippen LogP contribution >= 0.6 is 11.6 Å². The molecule has 2 aromatic rings. The maximum Gasteiger partial charge on any atom is 0.271 e. The summed E-state index contributed by atoms with van der Waals surface area (Å²) in [4.78, 5) is 14.7. The Labute approximate surface area is 172 Å². The van der Waals surface area contributed by atoms with Gasteiger partial charge in [0.25, 0.3) is 5.91 Å². The van der Waals surface area contributed by atoms with Crippen molar-refractivity contribution in [2.75, 3.05) is 4.90 Å². The van der Waals surface area contributed by atoms with Gasteiger partial charge in [-0.15, -0.1) is 0 Å². The maximum atomic E-state index is 12.2. The molecule has 2 aromatic carbocycles. The lowest BCUT2D eigenvalue weighted by Crippen LogP contribution is -2.51. The number of rotatable bonds is 4. The Bertz CT molecular complexity index is 904. The molecule has 1 atom stereocenters. The number of carbonyl (C=O) groups is 1. The van der Waals surface area contributed by atoms with Gasteiger partial charge in [-0.1, -0.05) is 30.7 Å². The summed E-state index contributed by atoms with van der Waals surface area (Å²) < 4.78 is 0. The fourth-order valence-corrected chi connectivity index (χ4v) is 4.58. The van der Waals surface area contributed by atoms with Gasteiger partial charge in [0, 0.05) is 27.9 Å². The highest BCUT2D eigenvalue weighted by atomic mass is 35.5. The Hall–Kier alpha value is -2.33. The highest BCUT2D eigenvalue weighted by molar-refractivity contribution is 6.30. The van der Waals surface area contributed by atoms with Crippen LogP contribution in [0, 0.1) is 0 Å². The first kappa shape index (κ1) is 20.4. The molecule has 1 N–H and O–H groups in total. The van der Waals surface area contributed by atoms with E-state index in [9.17, 15) is 4.79 Å². The zero-order valence-corrected chi connectivity index (χ0v) is 17.9. The smallest absolute Gasteiger partial charge is 0.271 e. The molecular formula is C23H28ClN3O. The standard InChI is InChI=1S/C23H28ClN3O/c1-15(2)27-21-10-9-17(11-20(21)16(3)13-23(27,4)5)14-25-26-22(28)18-7-6-8-19(24)12-18/h6-12,14-16H,13H2,1-5H3,(H,26,28)/b25-14+. The van der Waals surface area contributed by atoms with Crippen LogP contribution in [0.4, 0.5) is 5.69 Å². The minimum absolute atomic E-state index is 0.126. The van der Waals surface area contributed by atoms with Crippen LogP contribution in [0.25, 0.3) is 0 Å². The molecule has 1 aliphatic heterocycles. The first-order valence-electron chi connectivity index (χ1n) is 9.71. The van der Waals surface area contributed by atoms with Crippen LogP contribution in [0.3, 0.4) is 0 Å². The normalized spacial score (nSPS) is 18.4. The molecule has 4 nitrogen and oxygen atoms in total. The number of hydrogen-bond donors (Lipinski definition) is 1. The number of nitrogens with one attached hydrogen (secondary N) is 1. The van der Waals surface area contributed by atoms with E-state index in [1.54, 1.807) is 30.5 Å². The molecule has 1 amide bonds. The van der Waals surface area contributed by atoms with Crippen molar-refractivity contribution < 1.29 is 4.79 Å². The van der Waals surface area contributed by atoms with E-state index in [-0.39, 0.29) is 11.4 Å². The monoisotopic (exact) mass is 397 g/mol. The van der Waals surface area contributed by atoms with Gasteiger partial charge < -0.3 is 4.90 Å². The Morgan fingerprint density at radius 2 is 2.04 bits per heavy atom. The molecule has 148 valence electrons. The largest absolute Gasteiger partial charge is 0.364 e. The number of benzene rings is 2. The van der Waals surface area contributed by atoms with Gasteiger partial charge in [-0.3, -0.25) is 4.79 Å². The van der Waals surface area contributed by atoms with E-state index in [0.29, 0.717) is 22.5 Å². The second kappa shape index (κ2) is 7.96. The van der Waals surface area contributed by atoms with E-state index >= 15 is 0 Å². The maximum absolute atomic E-state index is 12.2. The number of amides is 1. The van der Waals surface area contributed by atoms with Crippen LogP contribution < -0.4 is 10.3 Å². The molecule has 1 unspecified atom stereocenters. The van der Waals surface area contributed by atoms with Crippen molar-refractivity contribution in [1.82, 2.24) is 5.43 Å². The first-order chi connectivity index (χ1) is 13.2. The summed E-state index contributed by atoms with van der Waals surface area (Å²) in [5, 5.41) is 4.65. The molecule has 1 heterocycles. The Balaban J connectivity index is 1.79. The van der Waals surface area contributed by atoms with E-state index < -0.39 is 0 Å². The third kappa shape index (κ3) is 4.22. The van der Waals surface area contributed by atoms with Gasteiger partial charge in [-0.05, 0) is 81.5 Å². The molecule has 0 aromatic heterocycles. The summed E-state index contributed by atoms with van der Waals surface area (Å²) in [5.74, 6) is 0.187. The lowest BCUT2D eigenvalue weighted by atomic mass is 9.79. The highest BCUT2D eigenvalue weighted by Crippen LogP contribution is 2.44. The molecule has 5 heteroatoms. The molecule has 3 rings (SSSR count). The van der Waals surface area contributed by atoms with E-state index in [4.69, 9.17) is 11.6 Å². The van der Waals surface area contributed by atoms with Gasteiger partial charge in [0.05, 0.1) is 6.21 Å². The molecule has 0 radical (unpaired) electrons. The van der Waals surface area contributed by atoms with E-state index in [2.05, 4.69) is 68.2 Å². The predicted molar refractivity (Wildman–Crippen MR) is 118 cm³/mol. The van der Waals surface area contributed by atoms with Gasteiger partial charge >= 0.3 is 0 Å². The average Bonchev–Trinajstić information content (AvgIpc) is 2.61. The lowest BCUT2D eigenvalue weighted by molar-refractivity contribution is 0.0955. The van der Waals surface area contributed by atoms with Crippen molar-refractivity contribution in [3.05, 3.63) is 64.2 Å². The third-order valence-electron chi connectivity index (χ3n) is 5.28. The fourth-order valence-electron chi connectivity index (χ4n) is 4.39. The molecule has 0 bridgehead atoms. The van der Waals surface area contributed by atoms with Crippen molar-refractivity contribution >= 4 is 29.4 Å². The summed E-state index contributed by atoms with van der Waals surface area (Å²) in [6.45, 7) is 11.4. The van der Waals surface area contributed by atoms with Gasteiger partial charge in [-0.25, -0.2) is 5.43 Å². The quantitative estimate of drug-likeness (QED) is 0.538. The molecular weight excluding hydrogens is 370 g/mol. The van der Waals surface area contributed by atoms with E-state index in [1.165, 1.54) is 11.3 Å². The lowest BCUT2D eigenvalue weighted by Gasteiger charge is -2.50. The highest BCUT2D eigenvalue weighted by Gasteiger charge is 2.37. The van der Waals surface area contributed by atoms with Gasteiger partial charge in [0.2, 0.25) is 0 Å². The predicted octanol–water partition coefficient (Wildman–Crippen LogP) is 5.60. The van der Waals surface area contributed by atoms with Crippen molar-refractivity contribution in [2.45, 2.75) is 58.5 Å². The SMILES string of the molecule is CC1CC(C)(C)N(C(C)C)c2ccc(/C=N/NC(=O)c3cccc(Cl)c3)cc21. The molecule has 0 fully saturated rings. The van der Waals surface area contributed by atoms with Gasteiger partial charge in [-0.2, -0.15) is 5.10 Å². The zero-order chi connectivity index (χ0) is 20.5. The number of hydrazone groups is 1. The molecule has 0 saturated carbocycles. The fraction of sp³-hybridized carbons (Fsp3) is 0.391. The molecule has 0 spiro atoms. The first-order valence-corrected chi connectivity index (χ1v) is 10.1. The van der Waals surface area contributed by atoms with Crippen molar-refractivity contribution in [3.8, 4) is 0 Å². The van der Waals surface area contributed by atoms with Crippen LogP contribution in [0.1, 0.15) is 68.4 Å². The Kier molecular flexibility index (Phi) is 5.80. The van der Waals surface area contributed by atoms with Gasteiger partial charge in [0.1, 0.15) is 0 Å². The van der Waals surface area contributed by atoms with E-state index in [0.717, 1.165) is 12.0 Å². The summed E-state index contributed by atoms with van der Waals surface area (Å²) in [5.41, 5.74) is 6.77. The second-order valence-electron chi connectivity index (χ2n) is 8.41. The zero-order valence-electron chi connectivity index (χ0n) is 17.2. The number of halogens is 1. The van der Waals surface area contributed by atoms with Gasteiger partial charge in [0.15, 0.2) is 0 Å². The number of nitrogens with zero attached hydrogens (tertiary/aromatic N) is 2. The van der Waals surface area contributed by atoms with Crippen LogP contribution in [0.2, 0.25) is 5.02 Å². The second-order valence-corrected chi connectivity index (χ2v) is 8.85. The minimum atomic E-state index is -0.280. The average molecular weight is 398 g/mol. The molecule has 0 aliphatic carbocycles. The number of carbonyl (C=O) groups excluding carboxylic acids is 1. The van der Waals surface area contributed by atoms with Crippen LogP contribution in [-0.4, -0.2) is 23.7 Å². The topological polar surface area (TPSA) is 44.7 Å². The van der Waals surface area contributed by atoms with Crippen molar-refractivity contribution in [3.63, 3.8) is 0 Å². The Morgan fingerprint density at radius 3 is 2.71 bits per heavy atom. The van der Waals surface area contributed by atoms with Crippen LogP contribution in [0.5, 0.6) is 0 Å². The molecule has 28 heavy (non-hydrogen) atoms. The van der Waals surface area contributed by atoms with Crippen LogP contribution in [0.15, 0.2) is 47.6 Å². The Morgan fingerprint density at radius 1 is 1.29 bits per heavy atom. The number of fused-ring (bicyclic) bond motifs is 1.